The summed E-state index contributed by atoms with van der Waals surface area (Å²) in [6.45, 7) is 1.44. The smallest absolute Gasteiger partial charge is 0.309 e. The number of halogens is 1. The standard InChI is InChI=1S/C23H25ClN4O4/c1-12(29)26-16-2-4-17(5-3-16)27-18-11-25-28(21(30)20(18)24)23-9-13-6-14(10-23)8-15(7-13)19(23)22(31)32/h2-5,11,13-15,19,27H,6-10H2,1H3,(H,26,29)(H,31,32)/t13-,14-,15?,19-,23?/m0/s1. The van der Waals surface area contributed by atoms with Crippen molar-refractivity contribution in [1.29, 1.82) is 0 Å². The van der Waals surface area contributed by atoms with Crippen molar-refractivity contribution in [2.75, 3.05) is 10.6 Å². The van der Waals surface area contributed by atoms with Crippen LogP contribution in [0, 0.1) is 23.7 Å². The normalized spacial score (nSPS) is 30.2. The molecule has 1 amide bonds. The summed E-state index contributed by atoms with van der Waals surface area (Å²) in [5, 5.41) is 20.3. The average Bonchev–Trinajstić information content (AvgIpc) is 2.71. The minimum atomic E-state index is -0.847. The first-order valence-electron chi connectivity index (χ1n) is 10.9. The third kappa shape index (κ3) is 3.37. The van der Waals surface area contributed by atoms with Crippen LogP contribution in [0.3, 0.4) is 0 Å². The molecule has 1 aromatic heterocycles. The van der Waals surface area contributed by atoms with Crippen molar-refractivity contribution >= 4 is 40.5 Å². The SMILES string of the molecule is CC(=O)Nc1ccc(Nc2cnn(C34C[C@@H]5CC(C[C@H](C5)C3)[C@H]4C(=O)O)c(=O)c2Cl)cc1. The summed E-state index contributed by atoms with van der Waals surface area (Å²) in [6.07, 6.45) is 5.79. The van der Waals surface area contributed by atoms with E-state index in [4.69, 9.17) is 11.6 Å². The molecule has 4 bridgehead atoms. The third-order valence-corrected chi connectivity index (χ3v) is 7.73. The van der Waals surface area contributed by atoms with E-state index < -0.39 is 23.0 Å². The molecule has 4 saturated carbocycles. The predicted molar refractivity (Wildman–Crippen MR) is 120 cm³/mol. The van der Waals surface area contributed by atoms with E-state index >= 15 is 0 Å². The Morgan fingerprint density at radius 3 is 2.34 bits per heavy atom. The fourth-order valence-corrected chi connectivity index (χ4v) is 6.74. The molecule has 9 heteroatoms. The van der Waals surface area contributed by atoms with Crippen molar-refractivity contribution in [3.05, 3.63) is 45.8 Å². The van der Waals surface area contributed by atoms with Gasteiger partial charge in [0.25, 0.3) is 5.56 Å². The number of nitrogens with one attached hydrogen (secondary N) is 2. The van der Waals surface area contributed by atoms with E-state index in [1.165, 1.54) is 17.8 Å². The maximum Gasteiger partial charge on any atom is 0.309 e. The van der Waals surface area contributed by atoms with Gasteiger partial charge in [0.15, 0.2) is 0 Å². The predicted octanol–water partition coefficient (Wildman–Crippen LogP) is 3.83. The molecule has 32 heavy (non-hydrogen) atoms. The van der Waals surface area contributed by atoms with Crippen LogP contribution in [0.1, 0.15) is 39.0 Å². The summed E-state index contributed by atoms with van der Waals surface area (Å²) in [6, 6.07) is 6.98. The van der Waals surface area contributed by atoms with Crippen molar-refractivity contribution in [2.24, 2.45) is 23.7 Å². The molecule has 1 heterocycles. The molecule has 0 unspecified atom stereocenters. The molecule has 0 saturated heterocycles. The van der Waals surface area contributed by atoms with E-state index in [2.05, 4.69) is 15.7 Å². The van der Waals surface area contributed by atoms with Gasteiger partial charge in [0.2, 0.25) is 5.91 Å². The van der Waals surface area contributed by atoms with Gasteiger partial charge in [-0.2, -0.15) is 5.10 Å². The summed E-state index contributed by atoms with van der Waals surface area (Å²) in [5.74, 6) is -0.653. The third-order valence-electron chi connectivity index (χ3n) is 7.36. The highest BCUT2D eigenvalue weighted by Crippen LogP contribution is 2.61. The van der Waals surface area contributed by atoms with Crippen LogP contribution in [-0.4, -0.2) is 26.8 Å². The lowest BCUT2D eigenvalue weighted by atomic mass is 9.48. The number of carboxylic acid groups (broad SMARTS) is 1. The van der Waals surface area contributed by atoms with Gasteiger partial charge in [-0.25, -0.2) is 4.68 Å². The zero-order valence-corrected chi connectivity index (χ0v) is 18.4. The Kier molecular flexibility index (Phi) is 5.00. The molecule has 4 fully saturated rings. The van der Waals surface area contributed by atoms with Crippen molar-refractivity contribution < 1.29 is 14.7 Å². The number of hydrogen-bond donors (Lipinski definition) is 3. The molecule has 0 radical (unpaired) electrons. The lowest BCUT2D eigenvalue weighted by Gasteiger charge is -2.59. The first kappa shape index (κ1) is 21.0. The van der Waals surface area contributed by atoms with Crippen LogP contribution in [0.2, 0.25) is 5.02 Å². The molecular weight excluding hydrogens is 432 g/mol. The van der Waals surface area contributed by atoms with Crippen LogP contribution in [0.5, 0.6) is 0 Å². The molecule has 1 aromatic carbocycles. The van der Waals surface area contributed by atoms with Crippen LogP contribution in [0.15, 0.2) is 35.3 Å². The highest BCUT2D eigenvalue weighted by molar-refractivity contribution is 6.33. The van der Waals surface area contributed by atoms with E-state index in [1.54, 1.807) is 24.3 Å². The Hall–Kier alpha value is -2.87. The summed E-state index contributed by atoms with van der Waals surface area (Å²) >= 11 is 6.48. The Balaban J connectivity index is 1.47. The molecule has 2 aromatic rings. The first-order chi connectivity index (χ1) is 15.3. The van der Waals surface area contributed by atoms with Gasteiger partial charge in [0.1, 0.15) is 5.02 Å². The fourth-order valence-electron chi connectivity index (χ4n) is 6.57. The van der Waals surface area contributed by atoms with Crippen LogP contribution in [0.4, 0.5) is 17.1 Å². The van der Waals surface area contributed by atoms with Crippen molar-refractivity contribution in [3.8, 4) is 0 Å². The van der Waals surface area contributed by atoms with Crippen LogP contribution < -0.4 is 16.2 Å². The fraction of sp³-hybridized carbons (Fsp3) is 0.478. The minimum absolute atomic E-state index is 0.00850. The van der Waals surface area contributed by atoms with Crippen molar-refractivity contribution in [1.82, 2.24) is 9.78 Å². The number of hydrogen-bond acceptors (Lipinski definition) is 5. The summed E-state index contributed by atoms with van der Waals surface area (Å²) < 4.78 is 1.38. The molecule has 6 rings (SSSR count). The van der Waals surface area contributed by atoms with Gasteiger partial charge in [-0.15, -0.1) is 0 Å². The lowest BCUT2D eigenvalue weighted by molar-refractivity contribution is -0.168. The Morgan fingerprint density at radius 1 is 1.12 bits per heavy atom. The molecule has 0 aliphatic heterocycles. The van der Waals surface area contributed by atoms with Crippen LogP contribution in [-0.2, 0) is 15.1 Å². The number of carbonyl (C=O) groups excluding carboxylic acids is 1. The molecule has 168 valence electrons. The van der Waals surface area contributed by atoms with E-state index in [-0.39, 0.29) is 16.8 Å². The number of benzene rings is 1. The van der Waals surface area contributed by atoms with Gasteiger partial charge in [0, 0.05) is 18.3 Å². The van der Waals surface area contributed by atoms with E-state index in [0.29, 0.717) is 41.7 Å². The van der Waals surface area contributed by atoms with Gasteiger partial charge >= 0.3 is 5.97 Å². The number of aliphatic carboxylic acids is 1. The van der Waals surface area contributed by atoms with Gasteiger partial charge in [-0.1, -0.05) is 11.6 Å². The molecule has 4 aliphatic rings. The maximum atomic E-state index is 13.3. The topological polar surface area (TPSA) is 113 Å². The second-order valence-corrected chi connectivity index (χ2v) is 9.88. The number of amides is 1. The lowest BCUT2D eigenvalue weighted by Crippen LogP contribution is -2.63. The highest BCUT2D eigenvalue weighted by Gasteiger charge is 2.61. The monoisotopic (exact) mass is 456 g/mol. The molecular formula is C23H25ClN4O4. The Bertz CT molecular complexity index is 1130. The largest absolute Gasteiger partial charge is 0.481 e. The Morgan fingerprint density at radius 2 is 1.75 bits per heavy atom. The molecule has 3 atom stereocenters. The van der Waals surface area contributed by atoms with Crippen LogP contribution >= 0.6 is 11.6 Å². The highest BCUT2D eigenvalue weighted by atomic mass is 35.5. The van der Waals surface area contributed by atoms with Gasteiger partial charge in [0.05, 0.1) is 23.3 Å². The average molecular weight is 457 g/mol. The zero-order valence-electron chi connectivity index (χ0n) is 17.7. The second-order valence-electron chi connectivity index (χ2n) is 9.50. The van der Waals surface area contributed by atoms with E-state index in [0.717, 1.165) is 19.3 Å². The molecule has 3 N–H and O–H groups in total. The second kappa shape index (κ2) is 7.62. The molecule has 8 nitrogen and oxygen atoms in total. The molecule has 0 spiro atoms. The number of nitrogens with zero attached hydrogens (tertiary/aromatic N) is 2. The van der Waals surface area contributed by atoms with E-state index in [9.17, 15) is 19.5 Å². The van der Waals surface area contributed by atoms with E-state index in [1.807, 2.05) is 0 Å². The number of aromatic nitrogens is 2. The number of carbonyl (C=O) groups is 2. The zero-order chi connectivity index (χ0) is 22.6. The molecule has 4 aliphatic carbocycles. The van der Waals surface area contributed by atoms with Gasteiger partial charge < -0.3 is 15.7 Å². The minimum Gasteiger partial charge on any atom is -0.481 e. The maximum absolute atomic E-state index is 13.3. The quantitative estimate of drug-likeness (QED) is 0.630. The van der Waals surface area contributed by atoms with Crippen molar-refractivity contribution in [2.45, 2.75) is 44.6 Å². The van der Waals surface area contributed by atoms with Crippen LogP contribution in [0.25, 0.3) is 0 Å². The number of rotatable bonds is 5. The first-order valence-corrected chi connectivity index (χ1v) is 11.3. The van der Waals surface area contributed by atoms with Crippen molar-refractivity contribution in [3.63, 3.8) is 0 Å². The van der Waals surface area contributed by atoms with Gasteiger partial charge in [-0.3, -0.25) is 14.4 Å². The summed E-state index contributed by atoms with van der Waals surface area (Å²) in [5.41, 5.74) is 0.429. The number of carboxylic acids is 1. The summed E-state index contributed by atoms with van der Waals surface area (Å²) in [4.78, 5) is 36.7. The van der Waals surface area contributed by atoms with Gasteiger partial charge in [-0.05, 0) is 74.1 Å². The summed E-state index contributed by atoms with van der Waals surface area (Å²) in [7, 11) is 0. The number of anilines is 3. The Labute approximate surface area is 190 Å².